The van der Waals surface area contributed by atoms with Gasteiger partial charge in [-0.2, -0.15) is 26.3 Å². The standard InChI is InChI=1S/C24H18ClF6N5OS/c25-20-19(14-8-15(23(26,27)28)10-16(9-14)24(29,30)31)34-22(38-20)13-3-6-35(7-4-13)18(37)11-36-12-33-17-2-1-5-32-21(17)36/h1-2,5,8-10,12-13H,3-4,6-7,11H2. The molecule has 1 aliphatic heterocycles. The molecule has 4 heterocycles. The number of imidazole rings is 1. The third-order valence-corrected chi connectivity index (χ3v) is 7.76. The van der Waals surface area contributed by atoms with Crippen molar-refractivity contribution in [1.29, 1.82) is 0 Å². The quantitative estimate of drug-likeness (QED) is 0.256. The zero-order valence-corrected chi connectivity index (χ0v) is 20.9. The number of hydrogen-bond acceptors (Lipinski definition) is 5. The van der Waals surface area contributed by atoms with E-state index in [1.165, 1.54) is 0 Å². The summed E-state index contributed by atoms with van der Waals surface area (Å²) in [6.07, 6.45) is -5.73. The first kappa shape index (κ1) is 26.4. The van der Waals surface area contributed by atoms with Gasteiger partial charge in [0, 0.05) is 30.8 Å². The SMILES string of the molecule is O=C(Cn1cnc2cccnc21)N1CCC(c2nc(-c3cc(C(F)(F)F)cc(C(F)(F)F)c3)c(Cl)s2)CC1. The Bertz CT molecular complexity index is 1460. The highest BCUT2D eigenvalue weighted by atomic mass is 35.5. The molecular weight excluding hydrogens is 556 g/mol. The lowest BCUT2D eigenvalue weighted by molar-refractivity contribution is -0.143. The summed E-state index contributed by atoms with van der Waals surface area (Å²) in [4.78, 5) is 27.4. The maximum Gasteiger partial charge on any atom is 0.416 e. The number of pyridine rings is 1. The summed E-state index contributed by atoms with van der Waals surface area (Å²) in [6, 6.07) is 4.86. The first-order chi connectivity index (χ1) is 17.9. The lowest BCUT2D eigenvalue weighted by atomic mass is 9.97. The molecule has 14 heteroatoms. The second kappa shape index (κ2) is 9.84. The van der Waals surface area contributed by atoms with Gasteiger partial charge in [0.25, 0.3) is 0 Å². The van der Waals surface area contributed by atoms with E-state index in [1.54, 1.807) is 34.1 Å². The molecule has 38 heavy (non-hydrogen) atoms. The fraction of sp³-hybridized carbons (Fsp3) is 0.333. The molecule has 0 saturated carbocycles. The van der Waals surface area contributed by atoms with Crippen LogP contribution in [0.15, 0.2) is 42.9 Å². The van der Waals surface area contributed by atoms with Crippen LogP contribution in [0.2, 0.25) is 4.34 Å². The number of rotatable bonds is 4. The number of carbonyl (C=O) groups excluding carboxylic acids is 1. The van der Waals surface area contributed by atoms with E-state index < -0.39 is 23.5 Å². The number of amides is 1. The monoisotopic (exact) mass is 573 g/mol. The van der Waals surface area contributed by atoms with E-state index in [2.05, 4.69) is 15.0 Å². The van der Waals surface area contributed by atoms with E-state index in [9.17, 15) is 31.1 Å². The zero-order valence-electron chi connectivity index (χ0n) is 19.4. The molecule has 1 aromatic carbocycles. The van der Waals surface area contributed by atoms with Crippen molar-refractivity contribution < 1.29 is 31.1 Å². The van der Waals surface area contributed by atoms with Crippen LogP contribution >= 0.6 is 22.9 Å². The summed E-state index contributed by atoms with van der Waals surface area (Å²) >= 11 is 7.28. The number of thiazole rings is 1. The number of benzene rings is 1. The topological polar surface area (TPSA) is 63.9 Å². The molecule has 1 aliphatic rings. The van der Waals surface area contributed by atoms with Crippen molar-refractivity contribution in [2.45, 2.75) is 37.7 Å². The predicted molar refractivity (Wildman–Crippen MR) is 129 cm³/mol. The molecule has 1 amide bonds. The van der Waals surface area contributed by atoms with E-state index in [-0.39, 0.29) is 40.0 Å². The van der Waals surface area contributed by atoms with Crippen molar-refractivity contribution >= 4 is 40.0 Å². The van der Waals surface area contributed by atoms with E-state index in [4.69, 9.17) is 11.6 Å². The molecule has 0 radical (unpaired) electrons. The van der Waals surface area contributed by atoms with Gasteiger partial charge < -0.3 is 9.47 Å². The third kappa shape index (κ3) is 5.35. The number of likely N-dealkylation sites (tertiary alicyclic amines) is 1. The van der Waals surface area contributed by atoms with E-state index in [1.807, 2.05) is 0 Å². The Morgan fingerprint density at radius 2 is 1.68 bits per heavy atom. The van der Waals surface area contributed by atoms with Crippen molar-refractivity contribution in [3.05, 3.63) is 63.3 Å². The van der Waals surface area contributed by atoms with Gasteiger partial charge in [0.1, 0.15) is 22.1 Å². The van der Waals surface area contributed by atoms with Gasteiger partial charge in [0.2, 0.25) is 5.91 Å². The maximum atomic E-state index is 13.3. The molecule has 0 aliphatic carbocycles. The van der Waals surface area contributed by atoms with E-state index in [0.717, 1.165) is 11.3 Å². The molecule has 200 valence electrons. The number of hydrogen-bond donors (Lipinski definition) is 0. The summed E-state index contributed by atoms with van der Waals surface area (Å²) in [5.74, 6) is -0.256. The minimum absolute atomic E-state index is 0.00504. The molecule has 0 bridgehead atoms. The Labute approximate surface area is 220 Å². The first-order valence-corrected chi connectivity index (χ1v) is 12.6. The lowest BCUT2D eigenvalue weighted by Crippen LogP contribution is -2.39. The molecule has 1 fully saturated rings. The Hall–Kier alpha value is -3.19. The Kier molecular flexibility index (Phi) is 6.84. The highest BCUT2D eigenvalue weighted by Gasteiger charge is 2.37. The van der Waals surface area contributed by atoms with Crippen molar-refractivity contribution in [1.82, 2.24) is 24.4 Å². The fourth-order valence-electron chi connectivity index (χ4n) is 4.40. The van der Waals surface area contributed by atoms with Crippen LogP contribution in [0.1, 0.15) is 34.9 Å². The van der Waals surface area contributed by atoms with Crippen LogP contribution in [0.25, 0.3) is 22.4 Å². The second-order valence-electron chi connectivity index (χ2n) is 8.84. The number of fused-ring (bicyclic) bond motifs is 1. The lowest BCUT2D eigenvalue weighted by Gasteiger charge is -2.31. The van der Waals surface area contributed by atoms with Crippen molar-refractivity contribution in [2.75, 3.05) is 13.1 Å². The minimum Gasteiger partial charge on any atom is -0.341 e. The third-order valence-electron chi connectivity index (χ3n) is 6.34. The number of halogens is 7. The van der Waals surface area contributed by atoms with Gasteiger partial charge in [0.15, 0.2) is 5.65 Å². The fourth-order valence-corrected chi connectivity index (χ4v) is 5.77. The maximum absolute atomic E-state index is 13.3. The minimum atomic E-state index is -4.97. The summed E-state index contributed by atoms with van der Waals surface area (Å²) in [5, 5.41) is 0.507. The molecular formula is C24H18ClF6N5OS. The molecule has 4 aromatic rings. The number of aromatic nitrogens is 4. The highest BCUT2D eigenvalue weighted by molar-refractivity contribution is 7.16. The average molecular weight is 574 g/mol. The van der Waals surface area contributed by atoms with Crippen LogP contribution in [0.4, 0.5) is 26.3 Å². The summed E-state index contributed by atoms with van der Waals surface area (Å²) < 4.78 is 81.4. The Morgan fingerprint density at radius 3 is 2.32 bits per heavy atom. The summed E-state index contributed by atoms with van der Waals surface area (Å²) in [7, 11) is 0. The largest absolute Gasteiger partial charge is 0.416 e. The van der Waals surface area contributed by atoms with Gasteiger partial charge in [-0.25, -0.2) is 15.0 Å². The first-order valence-electron chi connectivity index (χ1n) is 11.4. The van der Waals surface area contributed by atoms with Gasteiger partial charge in [-0.1, -0.05) is 11.6 Å². The molecule has 0 unspecified atom stereocenters. The molecule has 5 rings (SSSR count). The van der Waals surface area contributed by atoms with Gasteiger partial charge in [-0.15, -0.1) is 11.3 Å². The van der Waals surface area contributed by atoms with Crippen LogP contribution in [0, 0.1) is 0 Å². The van der Waals surface area contributed by atoms with Crippen molar-refractivity contribution in [3.8, 4) is 11.3 Å². The predicted octanol–water partition coefficient (Wildman–Crippen LogP) is 6.65. The van der Waals surface area contributed by atoms with Crippen molar-refractivity contribution in [3.63, 3.8) is 0 Å². The van der Waals surface area contributed by atoms with Crippen LogP contribution in [0.5, 0.6) is 0 Å². The van der Waals surface area contributed by atoms with Crippen LogP contribution in [-0.2, 0) is 23.7 Å². The second-order valence-corrected chi connectivity index (χ2v) is 10.5. The highest BCUT2D eigenvalue weighted by Crippen LogP contribution is 2.43. The molecule has 0 spiro atoms. The molecule has 3 aromatic heterocycles. The smallest absolute Gasteiger partial charge is 0.341 e. The van der Waals surface area contributed by atoms with Gasteiger partial charge >= 0.3 is 12.4 Å². The number of carbonyl (C=O) groups is 1. The molecule has 0 N–H and O–H groups in total. The number of alkyl halides is 6. The van der Waals surface area contributed by atoms with Gasteiger partial charge in [0.05, 0.1) is 22.5 Å². The van der Waals surface area contributed by atoms with Crippen LogP contribution in [0.3, 0.4) is 0 Å². The zero-order chi connectivity index (χ0) is 27.2. The summed E-state index contributed by atoms with van der Waals surface area (Å²) in [5.41, 5.74) is -2.06. The van der Waals surface area contributed by atoms with Crippen molar-refractivity contribution in [2.24, 2.45) is 0 Å². The number of piperidine rings is 1. The average Bonchev–Trinajstić information content (AvgIpc) is 3.46. The normalized spacial score (nSPS) is 15.4. The number of nitrogens with zero attached hydrogens (tertiary/aromatic N) is 5. The van der Waals surface area contributed by atoms with E-state index >= 15 is 0 Å². The molecule has 0 atom stereocenters. The Balaban J connectivity index is 1.31. The Morgan fingerprint density at radius 1 is 1.03 bits per heavy atom. The summed E-state index contributed by atoms with van der Waals surface area (Å²) in [6.45, 7) is 0.901. The van der Waals surface area contributed by atoms with Crippen LogP contribution in [-0.4, -0.2) is 43.4 Å². The van der Waals surface area contributed by atoms with Gasteiger partial charge in [-0.3, -0.25) is 4.79 Å². The van der Waals surface area contributed by atoms with Crippen LogP contribution < -0.4 is 0 Å². The van der Waals surface area contributed by atoms with Gasteiger partial charge in [-0.05, 0) is 43.2 Å². The van der Waals surface area contributed by atoms with E-state index in [0.29, 0.717) is 54.2 Å². The molecule has 1 saturated heterocycles. The molecule has 6 nitrogen and oxygen atoms in total.